The summed E-state index contributed by atoms with van der Waals surface area (Å²) >= 11 is 1.12. The van der Waals surface area contributed by atoms with Crippen molar-refractivity contribution in [3.8, 4) is 17.0 Å². The molecule has 2 aromatic rings. The third-order valence-corrected chi connectivity index (χ3v) is 4.86. The number of thiazole rings is 1. The lowest BCUT2D eigenvalue weighted by atomic mass is 10.1. The standard InChI is InChI=1S/C17H17F2N3O4S/c1-9(23)22-7-10(24)6-13(22)15(25)21-17-20-12(8-27-17)11-4-2-3-5-14(11)26-16(18)19/h2-5,8,10,13,16,24H,6-7H2,1H3,(H,20,21,25)/t10-,13-/m1/s1. The molecule has 1 saturated heterocycles. The van der Waals surface area contributed by atoms with Crippen LogP contribution in [0.4, 0.5) is 13.9 Å². The minimum atomic E-state index is -2.96. The number of alkyl halides is 2. The normalized spacial score (nSPS) is 19.4. The van der Waals surface area contributed by atoms with Crippen molar-refractivity contribution in [3.05, 3.63) is 29.6 Å². The first-order chi connectivity index (χ1) is 12.8. The fraction of sp³-hybridized carbons (Fsp3) is 0.353. The van der Waals surface area contributed by atoms with Crippen LogP contribution in [0.15, 0.2) is 29.6 Å². The maximum Gasteiger partial charge on any atom is 0.387 e. The first-order valence-electron chi connectivity index (χ1n) is 8.11. The van der Waals surface area contributed by atoms with Crippen LogP contribution in [0.2, 0.25) is 0 Å². The van der Waals surface area contributed by atoms with E-state index in [4.69, 9.17) is 0 Å². The van der Waals surface area contributed by atoms with Crippen molar-refractivity contribution < 1.29 is 28.2 Å². The number of β-amino-alcohol motifs (C(OH)–C–C–N with tert-alkyl or cyclic N) is 1. The first-order valence-corrected chi connectivity index (χ1v) is 8.99. The van der Waals surface area contributed by atoms with Crippen LogP contribution in [0.25, 0.3) is 11.3 Å². The van der Waals surface area contributed by atoms with Gasteiger partial charge in [0, 0.05) is 30.8 Å². The number of carbonyl (C=O) groups excluding carboxylic acids is 2. The van der Waals surface area contributed by atoms with Gasteiger partial charge < -0.3 is 20.1 Å². The number of likely N-dealkylation sites (tertiary alicyclic amines) is 1. The number of aliphatic hydroxyl groups excluding tert-OH is 1. The molecule has 1 aliphatic heterocycles. The van der Waals surface area contributed by atoms with E-state index in [0.717, 1.165) is 11.3 Å². The van der Waals surface area contributed by atoms with Gasteiger partial charge in [0.15, 0.2) is 5.13 Å². The van der Waals surface area contributed by atoms with Gasteiger partial charge in [-0.2, -0.15) is 8.78 Å². The second kappa shape index (κ2) is 7.97. The number of nitrogens with zero attached hydrogens (tertiary/aromatic N) is 2. The number of amides is 2. The Kier molecular flexibility index (Phi) is 5.66. The highest BCUT2D eigenvalue weighted by Gasteiger charge is 2.37. The van der Waals surface area contributed by atoms with Gasteiger partial charge in [0.2, 0.25) is 11.8 Å². The highest BCUT2D eigenvalue weighted by molar-refractivity contribution is 7.14. The topological polar surface area (TPSA) is 91.8 Å². The highest BCUT2D eigenvalue weighted by Crippen LogP contribution is 2.33. The minimum Gasteiger partial charge on any atom is -0.434 e. The molecule has 0 bridgehead atoms. The molecule has 3 rings (SSSR count). The summed E-state index contributed by atoms with van der Waals surface area (Å²) in [5.74, 6) is -0.776. The quantitative estimate of drug-likeness (QED) is 0.808. The molecule has 10 heteroatoms. The second-order valence-corrected chi connectivity index (χ2v) is 6.84. The van der Waals surface area contributed by atoms with Gasteiger partial charge >= 0.3 is 6.61 Å². The number of ether oxygens (including phenoxy) is 1. The van der Waals surface area contributed by atoms with Gasteiger partial charge in [-0.25, -0.2) is 4.98 Å². The summed E-state index contributed by atoms with van der Waals surface area (Å²) in [6.45, 7) is -1.52. The lowest BCUT2D eigenvalue weighted by Crippen LogP contribution is -2.42. The number of aliphatic hydroxyl groups is 1. The van der Waals surface area contributed by atoms with Crippen LogP contribution in [-0.4, -0.2) is 52.1 Å². The average Bonchev–Trinajstić information content (AvgIpc) is 3.21. The Bertz CT molecular complexity index is 845. The van der Waals surface area contributed by atoms with Crippen molar-refractivity contribution in [3.63, 3.8) is 0 Å². The Hall–Kier alpha value is -2.59. The number of benzene rings is 1. The largest absolute Gasteiger partial charge is 0.434 e. The highest BCUT2D eigenvalue weighted by atomic mass is 32.1. The fourth-order valence-electron chi connectivity index (χ4n) is 2.93. The summed E-state index contributed by atoms with van der Waals surface area (Å²) < 4.78 is 29.6. The van der Waals surface area contributed by atoms with Crippen molar-refractivity contribution in [2.24, 2.45) is 0 Å². The average molecular weight is 397 g/mol. The van der Waals surface area contributed by atoms with Crippen molar-refractivity contribution >= 4 is 28.3 Å². The number of nitrogens with one attached hydrogen (secondary N) is 1. The Balaban J connectivity index is 1.75. The summed E-state index contributed by atoms with van der Waals surface area (Å²) in [5, 5.41) is 14.2. The molecule has 1 aromatic heterocycles. The fourth-order valence-corrected chi connectivity index (χ4v) is 3.64. The SMILES string of the molecule is CC(=O)N1C[C@H](O)C[C@@H]1C(=O)Nc1nc(-c2ccccc2OC(F)F)cs1. The molecular formula is C17H17F2N3O4S. The van der Waals surface area contributed by atoms with Gasteiger partial charge in [0.1, 0.15) is 11.8 Å². The molecule has 0 aliphatic carbocycles. The second-order valence-electron chi connectivity index (χ2n) is 5.98. The summed E-state index contributed by atoms with van der Waals surface area (Å²) in [7, 11) is 0. The number of halogens is 2. The third-order valence-electron chi connectivity index (χ3n) is 4.10. The van der Waals surface area contributed by atoms with Crippen molar-refractivity contribution in [1.82, 2.24) is 9.88 Å². The summed E-state index contributed by atoms with van der Waals surface area (Å²) in [6.07, 6.45) is -0.607. The van der Waals surface area contributed by atoms with Gasteiger partial charge in [-0.1, -0.05) is 12.1 Å². The van der Waals surface area contributed by atoms with Gasteiger partial charge in [0.25, 0.3) is 0 Å². The van der Waals surface area contributed by atoms with Crippen LogP contribution in [-0.2, 0) is 9.59 Å². The Morgan fingerprint density at radius 1 is 1.41 bits per heavy atom. The first kappa shape index (κ1) is 19.2. The Labute approximate surface area is 157 Å². The number of hydrogen-bond donors (Lipinski definition) is 2. The minimum absolute atomic E-state index is 0.0163. The molecule has 144 valence electrons. The predicted molar refractivity (Wildman–Crippen MR) is 94.6 cm³/mol. The number of anilines is 1. The molecule has 27 heavy (non-hydrogen) atoms. The molecule has 0 saturated carbocycles. The Morgan fingerprint density at radius 2 is 2.15 bits per heavy atom. The van der Waals surface area contributed by atoms with E-state index in [1.54, 1.807) is 23.6 Å². The molecule has 0 unspecified atom stereocenters. The van der Waals surface area contributed by atoms with Crippen molar-refractivity contribution in [2.45, 2.75) is 32.1 Å². The molecular weight excluding hydrogens is 380 g/mol. The van der Waals surface area contributed by atoms with E-state index in [-0.39, 0.29) is 29.8 Å². The van der Waals surface area contributed by atoms with Crippen LogP contribution in [0.5, 0.6) is 5.75 Å². The molecule has 2 atom stereocenters. The van der Waals surface area contributed by atoms with Gasteiger partial charge in [0.05, 0.1) is 11.8 Å². The van der Waals surface area contributed by atoms with Gasteiger partial charge in [-0.15, -0.1) is 11.3 Å². The maximum atomic E-state index is 12.6. The van der Waals surface area contributed by atoms with Crippen LogP contribution in [0, 0.1) is 0 Å². The number of carbonyl (C=O) groups is 2. The molecule has 2 N–H and O–H groups in total. The molecule has 0 spiro atoms. The lowest BCUT2D eigenvalue weighted by molar-refractivity contribution is -0.134. The van der Waals surface area contributed by atoms with Crippen molar-refractivity contribution in [1.29, 1.82) is 0 Å². The molecule has 0 radical (unpaired) electrons. The van der Waals surface area contributed by atoms with E-state index in [1.807, 2.05) is 0 Å². The molecule has 1 aromatic carbocycles. The molecule has 2 heterocycles. The molecule has 2 amide bonds. The monoisotopic (exact) mass is 397 g/mol. The van der Waals surface area contributed by atoms with Crippen LogP contribution < -0.4 is 10.1 Å². The predicted octanol–water partition coefficient (Wildman–Crippen LogP) is 2.33. The summed E-state index contributed by atoms with van der Waals surface area (Å²) in [4.78, 5) is 29.6. The molecule has 1 fully saturated rings. The van der Waals surface area contributed by atoms with Crippen LogP contribution >= 0.6 is 11.3 Å². The van der Waals surface area contributed by atoms with Gasteiger partial charge in [-0.05, 0) is 12.1 Å². The van der Waals surface area contributed by atoms with Crippen molar-refractivity contribution in [2.75, 3.05) is 11.9 Å². The van der Waals surface area contributed by atoms with E-state index < -0.39 is 24.7 Å². The van der Waals surface area contributed by atoms with E-state index in [1.165, 1.54) is 17.9 Å². The smallest absolute Gasteiger partial charge is 0.387 e. The molecule has 1 aliphatic rings. The maximum absolute atomic E-state index is 12.6. The van der Waals surface area contributed by atoms with Crippen LogP contribution in [0.3, 0.4) is 0 Å². The zero-order valence-corrected chi connectivity index (χ0v) is 15.1. The lowest BCUT2D eigenvalue weighted by Gasteiger charge is -2.21. The zero-order valence-electron chi connectivity index (χ0n) is 14.3. The van der Waals surface area contributed by atoms with E-state index in [0.29, 0.717) is 11.3 Å². The number of rotatable bonds is 5. The third kappa shape index (κ3) is 4.40. The van der Waals surface area contributed by atoms with E-state index >= 15 is 0 Å². The zero-order chi connectivity index (χ0) is 19.6. The Morgan fingerprint density at radius 3 is 2.85 bits per heavy atom. The van der Waals surface area contributed by atoms with E-state index in [9.17, 15) is 23.5 Å². The van der Waals surface area contributed by atoms with Gasteiger partial charge in [-0.3, -0.25) is 9.59 Å². The summed E-state index contributed by atoms with van der Waals surface area (Å²) in [5.41, 5.74) is 0.748. The van der Waals surface area contributed by atoms with Crippen LogP contribution in [0.1, 0.15) is 13.3 Å². The summed E-state index contributed by atoms with van der Waals surface area (Å²) in [6, 6.07) is 5.44. The number of aromatic nitrogens is 1. The number of para-hydroxylation sites is 1. The number of hydrogen-bond acceptors (Lipinski definition) is 6. The molecule has 7 nitrogen and oxygen atoms in total. The van der Waals surface area contributed by atoms with E-state index in [2.05, 4.69) is 15.0 Å².